The second-order valence-electron chi connectivity index (χ2n) is 7.33. The molecule has 11 heteroatoms. The third-order valence-electron chi connectivity index (χ3n) is 5.53. The van der Waals surface area contributed by atoms with Crippen molar-refractivity contribution in [2.24, 2.45) is 0 Å². The zero-order valence-corrected chi connectivity index (χ0v) is 18.0. The van der Waals surface area contributed by atoms with Crippen LogP contribution in [-0.4, -0.2) is 56.8 Å². The van der Waals surface area contributed by atoms with Crippen LogP contribution in [0.15, 0.2) is 30.5 Å². The van der Waals surface area contributed by atoms with Gasteiger partial charge in [-0.25, -0.2) is 0 Å². The molecular formula is C21H21N7O4. The molecule has 164 valence electrons. The Labute approximate surface area is 182 Å². The number of aryl methyl sites for hydroxylation is 1. The Kier molecular flexibility index (Phi) is 4.65. The predicted molar refractivity (Wildman–Crippen MR) is 114 cm³/mol. The van der Waals surface area contributed by atoms with Crippen LogP contribution in [0.25, 0.3) is 11.5 Å². The number of anilines is 1. The quantitative estimate of drug-likeness (QED) is 0.507. The Morgan fingerprint density at radius 3 is 2.50 bits per heavy atom. The first kappa shape index (κ1) is 19.8. The highest BCUT2D eigenvalue weighted by molar-refractivity contribution is 5.94. The number of nitrogens with one attached hydrogen (secondary N) is 1. The molecule has 0 bridgehead atoms. The summed E-state index contributed by atoms with van der Waals surface area (Å²) in [4.78, 5) is 12.7. The van der Waals surface area contributed by atoms with E-state index in [4.69, 9.17) is 14.2 Å². The van der Waals surface area contributed by atoms with Gasteiger partial charge in [0.2, 0.25) is 11.7 Å². The fourth-order valence-electron chi connectivity index (χ4n) is 3.99. The predicted octanol–water partition coefficient (Wildman–Crippen LogP) is 2.12. The topological polar surface area (TPSA) is 118 Å². The molecule has 1 atom stereocenters. The molecular weight excluding hydrogens is 414 g/mol. The summed E-state index contributed by atoms with van der Waals surface area (Å²) < 4.78 is 19.6. The molecule has 32 heavy (non-hydrogen) atoms. The third-order valence-corrected chi connectivity index (χ3v) is 5.53. The summed E-state index contributed by atoms with van der Waals surface area (Å²) in [5.74, 6) is 2.93. The number of carbonyl (C=O) groups is 1. The fourth-order valence-corrected chi connectivity index (χ4v) is 3.99. The zero-order chi connectivity index (χ0) is 22.4. The van der Waals surface area contributed by atoms with Crippen molar-refractivity contribution in [3.63, 3.8) is 0 Å². The second-order valence-corrected chi connectivity index (χ2v) is 7.33. The maximum Gasteiger partial charge on any atom is 0.226 e. The number of aromatic nitrogens is 6. The van der Waals surface area contributed by atoms with E-state index in [0.717, 1.165) is 11.1 Å². The van der Waals surface area contributed by atoms with Crippen LogP contribution in [0.2, 0.25) is 0 Å². The summed E-state index contributed by atoms with van der Waals surface area (Å²) in [6, 6.07) is 7.30. The first-order valence-electron chi connectivity index (χ1n) is 9.91. The molecule has 1 aliphatic rings. The van der Waals surface area contributed by atoms with Crippen molar-refractivity contribution in [3.8, 4) is 23.1 Å². The number of ether oxygens (including phenoxy) is 3. The lowest BCUT2D eigenvalue weighted by Gasteiger charge is -2.25. The van der Waals surface area contributed by atoms with Gasteiger partial charge in [0.15, 0.2) is 28.8 Å². The van der Waals surface area contributed by atoms with Crippen LogP contribution in [0.4, 0.5) is 5.82 Å². The highest BCUT2D eigenvalue weighted by Gasteiger charge is 2.32. The SMILES string of the molecule is COc1cc([C@H]2CC(=O)Nc3c2cnn3-c2ccc3nnc(C)n3n2)cc(OC)c1OC. The number of rotatable bonds is 5. The van der Waals surface area contributed by atoms with Crippen molar-refractivity contribution >= 4 is 17.4 Å². The largest absolute Gasteiger partial charge is 0.493 e. The number of hydrogen-bond donors (Lipinski definition) is 1. The number of nitrogens with zero attached hydrogens (tertiary/aromatic N) is 6. The van der Waals surface area contributed by atoms with E-state index in [2.05, 4.69) is 25.7 Å². The average molecular weight is 435 g/mol. The van der Waals surface area contributed by atoms with Crippen LogP contribution in [-0.2, 0) is 4.79 Å². The van der Waals surface area contributed by atoms with Crippen LogP contribution < -0.4 is 19.5 Å². The molecule has 11 nitrogen and oxygen atoms in total. The molecule has 5 rings (SSSR count). The van der Waals surface area contributed by atoms with E-state index in [-0.39, 0.29) is 18.2 Å². The van der Waals surface area contributed by atoms with Gasteiger partial charge in [0.05, 0.1) is 27.5 Å². The molecule has 3 aromatic heterocycles. The van der Waals surface area contributed by atoms with E-state index in [1.54, 1.807) is 48.9 Å². The number of fused-ring (bicyclic) bond motifs is 2. The van der Waals surface area contributed by atoms with Crippen molar-refractivity contribution in [1.29, 1.82) is 0 Å². The molecule has 0 saturated heterocycles. The molecule has 0 unspecified atom stereocenters. The van der Waals surface area contributed by atoms with E-state index < -0.39 is 0 Å². The molecule has 0 fully saturated rings. The normalized spacial score (nSPS) is 15.4. The molecule has 0 radical (unpaired) electrons. The fraction of sp³-hybridized carbons (Fsp3) is 0.286. The van der Waals surface area contributed by atoms with Crippen LogP contribution in [0.3, 0.4) is 0 Å². The maximum absolute atomic E-state index is 12.7. The van der Waals surface area contributed by atoms with Gasteiger partial charge < -0.3 is 19.5 Å². The Morgan fingerprint density at radius 2 is 1.81 bits per heavy atom. The van der Waals surface area contributed by atoms with E-state index in [1.165, 1.54) is 0 Å². The lowest BCUT2D eigenvalue weighted by molar-refractivity contribution is -0.116. The Hall–Kier alpha value is -4.15. The van der Waals surface area contributed by atoms with Gasteiger partial charge >= 0.3 is 0 Å². The minimum absolute atomic E-state index is 0.125. The van der Waals surface area contributed by atoms with E-state index in [9.17, 15) is 4.79 Å². The van der Waals surface area contributed by atoms with Gasteiger partial charge in [0.25, 0.3) is 0 Å². The van der Waals surface area contributed by atoms with Gasteiger partial charge in [0, 0.05) is 17.9 Å². The summed E-state index contributed by atoms with van der Waals surface area (Å²) in [6.07, 6.45) is 2.00. The standard InChI is InChI=1S/C21H21N7O4/c1-11-24-25-17-5-6-18(26-27(11)17)28-21-14(10-22-28)13(9-19(29)23-21)12-7-15(30-2)20(32-4)16(8-12)31-3/h5-8,10,13H,9H2,1-4H3,(H,23,29)/t13-/m1/s1. The lowest BCUT2D eigenvalue weighted by atomic mass is 9.87. The van der Waals surface area contributed by atoms with Crippen molar-refractivity contribution in [1.82, 2.24) is 29.6 Å². The summed E-state index contributed by atoms with van der Waals surface area (Å²) in [5.41, 5.74) is 2.35. The van der Waals surface area contributed by atoms with Crippen LogP contribution in [0.5, 0.6) is 17.2 Å². The summed E-state index contributed by atoms with van der Waals surface area (Å²) in [7, 11) is 4.68. The van der Waals surface area contributed by atoms with E-state index in [1.807, 2.05) is 19.1 Å². The molecule has 1 amide bonds. The number of carbonyl (C=O) groups excluding carboxylic acids is 1. The van der Waals surface area contributed by atoms with E-state index >= 15 is 0 Å². The molecule has 1 N–H and O–H groups in total. The molecule has 4 aromatic rings. The number of methoxy groups -OCH3 is 3. The van der Waals surface area contributed by atoms with Crippen LogP contribution >= 0.6 is 0 Å². The molecule has 0 saturated carbocycles. The van der Waals surface area contributed by atoms with Crippen molar-refractivity contribution in [2.75, 3.05) is 26.6 Å². The lowest BCUT2D eigenvalue weighted by Crippen LogP contribution is -2.25. The number of amides is 1. The summed E-state index contributed by atoms with van der Waals surface area (Å²) in [5, 5.41) is 20.1. The van der Waals surface area contributed by atoms with Gasteiger partial charge in [-0.1, -0.05) is 0 Å². The second kappa shape index (κ2) is 7.52. The van der Waals surface area contributed by atoms with Crippen molar-refractivity contribution < 1.29 is 19.0 Å². The monoisotopic (exact) mass is 435 g/mol. The maximum atomic E-state index is 12.7. The minimum atomic E-state index is -0.249. The number of benzene rings is 1. The number of hydrogen-bond acceptors (Lipinski definition) is 8. The summed E-state index contributed by atoms with van der Waals surface area (Å²) in [6.45, 7) is 1.82. The van der Waals surface area contributed by atoms with Gasteiger partial charge in [-0.2, -0.15) is 14.3 Å². The smallest absolute Gasteiger partial charge is 0.226 e. The van der Waals surface area contributed by atoms with Crippen LogP contribution in [0, 0.1) is 6.92 Å². The van der Waals surface area contributed by atoms with E-state index in [0.29, 0.717) is 40.4 Å². The minimum Gasteiger partial charge on any atom is -0.493 e. The average Bonchev–Trinajstić information content (AvgIpc) is 3.40. The molecule has 1 aliphatic heterocycles. The zero-order valence-electron chi connectivity index (χ0n) is 18.0. The van der Waals surface area contributed by atoms with Crippen molar-refractivity contribution in [3.05, 3.63) is 47.4 Å². The van der Waals surface area contributed by atoms with Gasteiger partial charge in [-0.05, 0) is 36.8 Å². The Morgan fingerprint density at radius 1 is 1.06 bits per heavy atom. The first-order valence-corrected chi connectivity index (χ1v) is 9.91. The van der Waals surface area contributed by atoms with Gasteiger partial charge in [-0.15, -0.1) is 15.3 Å². The Bertz CT molecular complexity index is 1320. The molecule has 1 aromatic carbocycles. The summed E-state index contributed by atoms with van der Waals surface area (Å²) >= 11 is 0. The molecule has 0 aliphatic carbocycles. The molecule has 0 spiro atoms. The Balaban J connectivity index is 1.63. The van der Waals surface area contributed by atoms with Gasteiger partial charge in [-0.3, -0.25) is 4.79 Å². The van der Waals surface area contributed by atoms with Crippen molar-refractivity contribution in [2.45, 2.75) is 19.3 Å². The van der Waals surface area contributed by atoms with Gasteiger partial charge in [0.1, 0.15) is 5.82 Å². The highest BCUT2D eigenvalue weighted by Crippen LogP contribution is 2.44. The highest BCUT2D eigenvalue weighted by atomic mass is 16.5. The molecule has 4 heterocycles. The van der Waals surface area contributed by atoms with Crippen LogP contribution in [0.1, 0.15) is 29.3 Å². The third kappa shape index (κ3) is 3.01. The first-order chi connectivity index (χ1) is 15.5.